The molecule has 1 aromatic heterocycles. The molecule has 0 atom stereocenters. The molecule has 0 bridgehead atoms. The molecule has 0 saturated heterocycles. The minimum Gasteiger partial charge on any atom is -0.368 e. The van der Waals surface area contributed by atoms with Crippen LogP contribution in [0.3, 0.4) is 0 Å². The molecule has 0 radical (unpaired) electrons. The van der Waals surface area contributed by atoms with Gasteiger partial charge in [0.1, 0.15) is 0 Å². The quantitative estimate of drug-likeness (QED) is 0.524. The number of hydrogen-bond acceptors (Lipinski definition) is 5. The first-order chi connectivity index (χ1) is 13.7. The maximum absolute atomic E-state index is 13.4. The van der Waals surface area contributed by atoms with E-state index in [4.69, 9.17) is 5.73 Å². The van der Waals surface area contributed by atoms with Crippen molar-refractivity contribution in [1.29, 1.82) is 0 Å². The van der Waals surface area contributed by atoms with E-state index in [1.807, 2.05) is 33.8 Å². The Morgan fingerprint density at radius 2 is 1.52 bits per heavy atom. The number of rotatable bonds is 4. The molecular formula is C21H23N5O2S. The van der Waals surface area contributed by atoms with E-state index in [9.17, 15) is 8.42 Å². The minimum absolute atomic E-state index is 0.108. The molecule has 0 aliphatic carbocycles. The second kappa shape index (κ2) is 8.00. The Morgan fingerprint density at radius 3 is 2.10 bits per heavy atom. The first kappa shape index (κ1) is 20.5. The van der Waals surface area contributed by atoms with Crippen molar-refractivity contribution in [3.63, 3.8) is 0 Å². The van der Waals surface area contributed by atoms with Gasteiger partial charge in [-0.15, -0.1) is 0 Å². The van der Waals surface area contributed by atoms with Crippen LogP contribution in [0.15, 0.2) is 64.5 Å². The minimum atomic E-state index is -4.00. The molecule has 0 saturated carbocycles. The number of aromatic nitrogens is 2. The summed E-state index contributed by atoms with van der Waals surface area (Å²) in [7, 11) is -4.00. The van der Waals surface area contributed by atoms with Crippen LogP contribution in [0, 0.1) is 27.7 Å². The lowest BCUT2D eigenvalue weighted by molar-refractivity contribution is 0.597. The van der Waals surface area contributed by atoms with E-state index in [1.165, 1.54) is 12.1 Å². The molecule has 2 aromatic carbocycles. The molecule has 3 rings (SSSR count). The Morgan fingerprint density at radius 1 is 0.897 bits per heavy atom. The molecule has 0 fully saturated rings. The largest absolute Gasteiger partial charge is 0.368 e. The fourth-order valence-corrected chi connectivity index (χ4v) is 4.24. The van der Waals surface area contributed by atoms with Crippen molar-refractivity contribution in [2.45, 2.75) is 32.6 Å². The van der Waals surface area contributed by atoms with Crippen LogP contribution in [0.25, 0.3) is 0 Å². The highest BCUT2D eigenvalue weighted by Crippen LogP contribution is 2.26. The normalized spacial score (nSPS) is 12.1. The molecule has 0 spiro atoms. The zero-order valence-electron chi connectivity index (χ0n) is 16.8. The lowest BCUT2D eigenvalue weighted by Gasteiger charge is -2.24. The summed E-state index contributed by atoms with van der Waals surface area (Å²) >= 11 is 0. The van der Waals surface area contributed by atoms with Gasteiger partial charge in [0.15, 0.2) is 0 Å². The van der Waals surface area contributed by atoms with Crippen LogP contribution in [-0.2, 0) is 10.0 Å². The van der Waals surface area contributed by atoms with Crippen molar-refractivity contribution >= 4 is 27.6 Å². The van der Waals surface area contributed by atoms with Crippen LogP contribution in [-0.4, -0.2) is 24.3 Å². The van der Waals surface area contributed by atoms with Gasteiger partial charge in [-0.2, -0.15) is 4.99 Å². The number of guanidine groups is 1. The number of aryl methyl sites for hydroxylation is 4. The third-order valence-electron chi connectivity index (χ3n) is 4.40. The number of benzene rings is 2. The van der Waals surface area contributed by atoms with Crippen molar-refractivity contribution in [3.05, 3.63) is 77.1 Å². The fraction of sp³-hybridized carbons (Fsp3) is 0.190. The van der Waals surface area contributed by atoms with E-state index >= 15 is 0 Å². The lowest BCUT2D eigenvalue weighted by Crippen LogP contribution is -2.42. The fourth-order valence-electron chi connectivity index (χ4n) is 2.85. The van der Waals surface area contributed by atoms with Gasteiger partial charge in [-0.25, -0.2) is 22.7 Å². The maximum atomic E-state index is 13.4. The molecule has 29 heavy (non-hydrogen) atoms. The standard InChI is InChI=1S/C21H23N5O2S/c1-14-10-11-18(12-15(14)2)26(29(27,28)19-8-6-5-7-9-19)20(22)25-21-23-16(3)13-17(4)24-21/h5-13H,1-4H3,(H2,22,23,24,25). The maximum Gasteiger partial charge on any atom is 0.271 e. The van der Waals surface area contributed by atoms with Crippen molar-refractivity contribution in [2.24, 2.45) is 10.7 Å². The number of nitrogens with two attached hydrogens (primary N) is 1. The van der Waals surface area contributed by atoms with Gasteiger partial charge >= 0.3 is 0 Å². The summed E-state index contributed by atoms with van der Waals surface area (Å²) in [5, 5.41) is 0. The molecule has 0 aliphatic heterocycles. The van der Waals surface area contributed by atoms with E-state index < -0.39 is 10.0 Å². The van der Waals surface area contributed by atoms with Gasteiger partial charge in [-0.05, 0) is 69.2 Å². The van der Waals surface area contributed by atoms with Crippen LogP contribution in [0.2, 0.25) is 0 Å². The molecular weight excluding hydrogens is 386 g/mol. The average molecular weight is 410 g/mol. The first-order valence-corrected chi connectivity index (χ1v) is 10.5. The molecule has 2 N–H and O–H groups in total. The second-order valence-electron chi connectivity index (χ2n) is 6.77. The number of nitrogens with zero attached hydrogens (tertiary/aromatic N) is 4. The molecule has 7 nitrogen and oxygen atoms in total. The third-order valence-corrected chi connectivity index (χ3v) is 6.15. The summed E-state index contributed by atoms with van der Waals surface area (Å²) in [6, 6.07) is 15.2. The Labute approximate surface area is 171 Å². The smallest absolute Gasteiger partial charge is 0.271 e. The number of sulfonamides is 1. The van der Waals surface area contributed by atoms with Gasteiger partial charge in [0.2, 0.25) is 5.96 Å². The summed E-state index contributed by atoms with van der Waals surface area (Å²) in [6.45, 7) is 7.49. The molecule has 8 heteroatoms. The molecule has 0 aliphatic rings. The first-order valence-electron chi connectivity index (χ1n) is 9.02. The zero-order valence-corrected chi connectivity index (χ0v) is 17.6. The molecule has 150 valence electrons. The number of aliphatic imine (C=N–C) groups is 1. The summed E-state index contributed by atoms with van der Waals surface area (Å²) in [5.41, 5.74) is 10.0. The van der Waals surface area contributed by atoms with E-state index in [0.717, 1.165) is 15.4 Å². The molecule has 0 amide bonds. The predicted molar refractivity (Wildman–Crippen MR) is 115 cm³/mol. The Kier molecular flexibility index (Phi) is 5.65. The Hall–Kier alpha value is -3.26. The van der Waals surface area contributed by atoms with Crippen molar-refractivity contribution in [2.75, 3.05) is 4.31 Å². The van der Waals surface area contributed by atoms with Gasteiger partial charge in [-0.3, -0.25) is 0 Å². The van der Waals surface area contributed by atoms with Gasteiger partial charge in [0, 0.05) is 11.4 Å². The summed E-state index contributed by atoms with van der Waals surface area (Å²) < 4.78 is 27.9. The summed E-state index contributed by atoms with van der Waals surface area (Å²) in [4.78, 5) is 12.8. The number of anilines is 1. The van der Waals surface area contributed by atoms with Crippen molar-refractivity contribution < 1.29 is 8.42 Å². The van der Waals surface area contributed by atoms with Gasteiger partial charge < -0.3 is 5.73 Å². The molecule has 0 unspecified atom stereocenters. The lowest BCUT2D eigenvalue weighted by atomic mass is 10.1. The van der Waals surface area contributed by atoms with Crippen LogP contribution in [0.1, 0.15) is 22.5 Å². The van der Waals surface area contributed by atoms with Crippen LogP contribution in [0.5, 0.6) is 0 Å². The van der Waals surface area contributed by atoms with Crippen LogP contribution < -0.4 is 10.0 Å². The van der Waals surface area contributed by atoms with Gasteiger partial charge in [-0.1, -0.05) is 24.3 Å². The van der Waals surface area contributed by atoms with Crippen LogP contribution in [0.4, 0.5) is 11.6 Å². The third kappa shape index (κ3) is 4.43. The van der Waals surface area contributed by atoms with Crippen LogP contribution >= 0.6 is 0 Å². The summed E-state index contributed by atoms with van der Waals surface area (Å²) in [6.07, 6.45) is 0. The Bertz CT molecular complexity index is 1150. The molecule has 3 aromatic rings. The number of hydrogen-bond donors (Lipinski definition) is 1. The second-order valence-corrected chi connectivity index (χ2v) is 8.56. The van der Waals surface area contributed by atoms with E-state index in [0.29, 0.717) is 17.1 Å². The average Bonchev–Trinajstić information content (AvgIpc) is 2.64. The predicted octanol–water partition coefficient (Wildman–Crippen LogP) is 3.55. The monoisotopic (exact) mass is 409 g/mol. The van der Waals surface area contributed by atoms with Crippen molar-refractivity contribution in [3.8, 4) is 0 Å². The van der Waals surface area contributed by atoms with E-state index in [2.05, 4.69) is 15.0 Å². The summed E-state index contributed by atoms with van der Waals surface area (Å²) in [5.74, 6) is -0.126. The highest BCUT2D eigenvalue weighted by Gasteiger charge is 2.28. The highest BCUT2D eigenvalue weighted by atomic mass is 32.2. The van der Waals surface area contributed by atoms with E-state index in [-0.39, 0.29) is 16.8 Å². The van der Waals surface area contributed by atoms with Crippen molar-refractivity contribution in [1.82, 2.24) is 9.97 Å². The molecule has 1 heterocycles. The van der Waals surface area contributed by atoms with Gasteiger partial charge in [0.25, 0.3) is 16.0 Å². The zero-order chi connectivity index (χ0) is 21.2. The SMILES string of the molecule is Cc1cc(C)nc(/N=C(\N)N(c2ccc(C)c(C)c2)S(=O)(=O)c2ccccc2)n1. The highest BCUT2D eigenvalue weighted by molar-refractivity contribution is 7.93. The van der Waals surface area contributed by atoms with Gasteiger partial charge in [0.05, 0.1) is 10.6 Å². The Balaban J connectivity index is 2.19. The van der Waals surface area contributed by atoms with E-state index in [1.54, 1.807) is 36.4 Å². The topological polar surface area (TPSA) is 102 Å².